The number of ether oxygens (including phenoxy) is 1. The summed E-state index contributed by atoms with van der Waals surface area (Å²) in [6.07, 6.45) is 0. The van der Waals surface area contributed by atoms with Gasteiger partial charge in [0, 0.05) is 10.8 Å². The molecule has 0 fully saturated rings. The molecule has 2 aromatic carbocycles. The first-order valence-electron chi connectivity index (χ1n) is 7.41. The Labute approximate surface area is 145 Å². The van der Waals surface area contributed by atoms with Crippen LogP contribution in [-0.2, 0) is 10.6 Å². The zero-order valence-electron chi connectivity index (χ0n) is 13.8. The molecule has 0 spiro atoms. The molecule has 6 heteroatoms. The summed E-state index contributed by atoms with van der Waals surface area (Å²) >= 11 is 5.60. The average Bonchev–Trinajstić information content (AvgIpc) is 3.17. The van der Waals surface area contributed by atoms with Gasteiger partial charge in [-0.2, -0.15) is 0 Å². The summed E-state index contributed by atoms with van der Waals surface area (Å²) in [5.74, 6) is -0.0651. The fourth-order valence-electron chi connectivity index (χ4n) is 1.93. The van der Waals surface area contributed by atoms with Crippen molar-refractivity contribution in [1.29, 1.82) is 0 Å². The number of hydrogen-bond acceptors (Lipinski definition) is 5. The third kappa shape index (κ3) is 4.55. The Bertz CT molecular complexity index is 843. The van der Waals surface area contributed by atoms with E-state index in [-0.39, 0.29) is 22.7 Å². The van der Waals surface area contributed by atoms with Crippen LogP contribution in [0.4, 0.5) is 5.82 Å². The number of nitrogens with zero attached hydrogens (tertiary/aromatic N) is 1. The smallest absolute Gasteiger partial charge is 0.342 e. The van der Waals surface area contributed by atoms with Crippen LogP contribution < -0.4 is 11.2 Å². The van der Waals surface area contributed by atoms with Crippen LogP contribution in [-0.4, -0.2) is 16.6 Å². The number of esters is 1. The average molecular weight is 347 g/mol. The monoisotopic (exact) mass is 346 g/mol. The zero-order valence-corrected chi connectivity index (χ0v) is 14.6. The Morgan fingerprint density at radius 3 is 2.17 bits per heavy atom. The maximum Gasteiger partial charge on any atom is 0.342 e. The number of halogens is 1. The van der Waals surface area contributed by atoms with E-state index in [4.69, 9.17) is 22.1 Å². The number of benzene rings is 1. The lowest BCUT2D eigenvalue weighted by atomic mass is 10.2. The van der Waals surface area contributed by atoms with Gasteiger partial charge in [0.2, 0.25) is 0 Å². The Kier molecular flexibility index (Phi) is 5.24. The highest BCUT2D eigenvalue weighted by Crippen LogP contribution is 2.16. The second-order valence-corrected chi connectivity index (χ2v) is 6.51. The summed E-state index contributed by atoms with van der Waals surface area (Å²) in [5.41, 5.74) is 6.22. The van der Waals surface area contributed by atoms with Crippen LogP contribution in [0.1, 0.15) is 36.8 Å². The van der Waals surface area contributed by atoms with Crippen molar-refractivity contribution in [2.45, 2.75) is 32.3 Å². The summed E-state index contributed by atoms with van der Waals surface area (Å²) < 4.78 is 5.19. The summed E-state index contributed by atoms with van der Waals surface area (Å²) in [6, 6.07) is 10.7. The molecule has 5 nitrogen and oxygen atoms in total. The van der Waals surface area contributed by atoms with Gasteiger partial charge in [0.05, 0.1) is 11.6 Å². The molecular weight excluding hydrogens is 328 g/mol. The predicted molar refractivity (Wildman–Crippen MR) is 96.0 cm³/mol. The van der Waals surface area contributed by atoms with Crippen molar-refractivity contribution in [2.75, 3.05) is 5.73 Å². The van der Waals surface area contributed by atoms with Crippen molar-refractivity contribution in [3.8, 4) is 0 Å². The van der Waals surface area contributed by atoms with Gasteiger partial charge in [-0.3, -0.25) is 4.79 Å². The number of anilines is 1. The quantitative estimate of drug-likeness (QED) is 0.567. The van der Waals surface area contributed by atoms with Crippen molar-refractivity contribution in [3.05, 3.63) is 57.9 Å². The van der Waals surface area contributed by atoms with Crippen LogP contribution in [0.3, 0.4) is 0 Å². The van der Waals surface area contributed by atoms with Crippen LogP contribution in [0.5, 0.6) is 0 Å². The molecule has 126 valence electrons. The molecule has 0 aliphatic heterocycles. The SMILES string of the molecule is CC(C)(C)OC(=O)c1ccc(CCl)nc1N.O=c1c2ccccc12. The number of hydrogen-bond donors (Lipinski definition) is 1. The molecule has 1 aromatic heterocycles. The maximum atomic E-state index is 11.7. The Morgan fingerprint density at radius 2 is 1.75 bits per heavy atom. The van der Waals surface area contributed by atoms with Gasteiger partial charge >= 0.3 is 5.97 Å². The third-order valence-corrected chi connectivity index (χ3v) is 3.37. The minimum absolute atomic E-state index is 0.146. The molecule has 0 bridgehead atoms. The number of rotatable bonds is 2. The molecule has 3 rings (SSSR count). The van der Waals surface area contributed by atoms with Gasteiger partial charge in [-0.05, 0) is 32.9 Å². The van der Waals surface area contributed by atoms with Gasteiger partial charge in [-0.15, -0.1) is 11.6 Å². The van der Waals surface area contributed by atoms with Crippen LogP contribution >= 0.6 is 11.6 Å². The molecule has 0 radical (unpaired) electrons. The van der Waals surface area contributed by atoms with Crippen LogP contribution in [0.25, 0.3) is 10.8 Å². The van der Waals surface area contributed by atoms with Crippen LogP contribution in [0.15, 0.2) is 41.2 Å². The molecule has 0 amide bonds. The minimum Gasteiger partial charge on any atom is -0.456 e. The van der Waals surface area contributed by atoms with E-state index in [1.165, 1.54) is 0 Å². The highest BCUT2D eigenvalue weighted by molar-refractivity contribution is 6.16. The second-order valence-electron chi connectivity index (χ2n) is 6.25. The van der Waals surface area contributed by atoms with E-state index in [2.05, 4.69) is 4.98 Å². The molecule has 3 aromatic rings. The number of fused-ring (bicyclic) bond motifs is 1. The van der Waals surface area contributed by atoms with Gasteiger partial charge in [0.1, 0.15) is 17.0 Å². The number of pyridine rings is 1. The first kappa shape index (κ1) is 17.9. The lowest BCUT2D eigenvalue weighted by molar-refractivity contribution is 0.00704. The van der Waals surface area contributed by atoms with Crippen molar-refractivity contribution in [1.82, 2.24) is 4.98 Å². The lowest BCUT2D eigenvalue weighted by Gasteiger charge is -2.19. The van der Waals surface area contributed by atoms with Crippen molar-refractivity contribution in [2.24, 2.45) is 0 Å². The minimum atomic E-state index is -0.547. The molecule has 0 saturated carbocycles. The molecule has 0 aliphatic rings. The first-order chi connectivity index (χ1) is 11.2. The molecule has 1 heterocycles. The molecule has 0 saturated heterocycles. The number of nitrogens with two attached hydrogens (primary N) is 1. The molecule has 24 heavy (non-hydrogen) atoms. The molecule has 0 atom stereocenters. The van der Waals surface area contributed by atoms with Crippen LogP contribution in [0, 0.1) is 0 Å². The fourth-order valence-corrected chi connectivity index (χ4v) is 2.08. The van der Waals surface area contributed by atoms with E-state index >= 15 is 0 Å². The lowest BCUT2D eigenvalue weighted by Crippen LogP contribution is -2.24. The fraction of sp³-hybridized carbons (Fsp3) is 0.278. The van der Waals surface area contributed by atoms with Crippen molar-refractivity contribution in [3.63, 3.8) is 0 Å². The number of alkyl halides is 1. The molecule has 2 N–H and O–H groups in total. The van der Waals surface area contributed by atoms with Gasteiger partial charge in [0.15, 0.2) is 5.43 Å². The van der Waals surface area contributed by atoms with Gasteiger partial charge in [-0.25, -0.2) is 9.78 Å². The van der Waals surface area contributed by atoms with Crippen molar-refractivity contribution >= 4 is 34.2 Å². The normalized spacial score (nSPS) is 11.2. The highest BCUT2D eigenvalue weighted by atomic mass is 35.5. The first-order valence-corrected chi connectivity index (χ1v) is 7.95. The topological polar surface area (TPSA) is 82.3 Å². The highest BCUT2D eigenvalue weighted by Gasteiger charge is 2.20. The van der Waals surface area contributed by atoms with Gasteiger partial charge in [-0.1, -0.05) is 24.3 Å². The zero-order chi connectivity index (χ0) is 17.9. The predicted octanol–water partition coefficient (Wildman–Crippen LogP) is 3.43. The van der Waals surface area contributed by atoms with E-state index in [0.717, 1.165) is 10.8 Å². The molecule has 0 aliphatic carbocycles. The Morgan fingerprint density at radius 1 is 1.17 bits per heavy atom. The largest absolute Gasteiger partial charge is 0.456 e. The van der Waals surface area contributed by atoms with E-state index in [1.54, 1.807) is 32.9 Å². The third-order valence-electron chi connectivity index (χ3n) is 3.09. The molecule has 0 unspecified atom stereocenters. The van der Waals surface area contributed by atoms with Crippen molar-refractivity contribution < 1.29 is 9.53 Å². The summed E-state index contributed by atoms with van der Waals surface area (Å²) in [5, 5.41) is 1.79. The van der Waals surface area contributed by atoms with Gasteiger partial charge in [0.25, 0.3) is 0 Å². The van der Waals surface area contributed by atoms with E-state index < -0.39 is 11.6 Å². The van der Waals surface area contributed by atoms with Crippen LogP contribution in [0.2, 0.25) is 0 Å². The van der Waals surface area contributed by atoms with E-state index in [9.17, 15) is 9.59 Å². The Balaban J connectivity index is 0.000000214. The molecular formula is C18H19ClN2O3. The number of aromatic nitrogens is 1. The number of carbonyl (C=O) groups is 1. The van der Waals surface area contributed by atoms with E-state index in [0.29, 0.717) is 5.69 Å². The standard InChI is InChI=1S/C11H15ClN2O2.C7H4O/c1-11(2,3)16-10(15)8-5-4-7(6-12)14-9(8)13;8-7-5-3-1-2-4-6(5)7/h4-5H,6H2,1-3H3,(H2,13,14);1-4H. The van der Waals surface area contributed by atoms with Gasteiger partial charge < -0.3 is 10.5 Å². The number of nitrogen functional groups attached to an aromatic ring is 1. The Hall–Kier alpha value is -2.40. The second kappa shape index (κ2) is 7.01. The van der Waals surface area contributed by atoms with E-state index in [1.807, 2.05) is 24.3 Å². The maximum absolute atomic E-state index is 11.7. The summed E-state index contributed by atoms with van der Waals surface area (Å²) in [6.45, 7) is 5.38. The number of carbonyl (C=O) groups excluding carboxylic acids is 1. The summed E-state index contributed by atoms with van der Waals surface area (Å²) in [7, 11) is 0. The summed E-state index contributed by atoms with van der Waals surface area (Å²) in [4.78, 5) is 26.2.